The van der Waals surface area contributed by atoms with Gasteiger partial charge in [0.2, 0.25) is 0 Å². The predicted octanol–water partition coefficient (Wildman–Crippen LogP) is 3.48. The highest BCUT2D eigenvalue weighted by molar-refractivity contribution is 6.31. The lowest BCUT2D eigenvalue weighted by Gasteiger charge is -2.19. The molecule has 1 heterocycles. The van der Waals surface area contributed by atoms with E-state index in [2.05, 4.69) is 10.4 Å². The van der Waals surface area contributed by atoms with Crippen molar-refractivity contribution >= 4 is 29.9 Å². The maximum atomic E-state index is 12.8. The van der Waals surface area contributed by atoms with E-state index in [-0.39, 0.29) is 24.4 Å². The van der Waals surface area contributed by atoms with Gasteiger partial charge in [0.1, 0.15) is 0 Å². The van der Waals surface area contributed by atoms with Gasteiger partial charge in [-0.3, -0.25) is 9.48 Å². The third-order valence-electron chi connectivity index (χ3n) is 5.16. The van der Waals surface area contributed by atoms with E-state index in [4.69, 9.17) is 17.3 Å². The maximum Gasteiger partial charge on any atom is 0.255 e. The van der Waals surface area contributed by atoms with Gasteiger partial charge in [-0.05, 0) is 50.8 Å². The molecule has 0 radical (unpaired) electrons. The average Bonchev–Trinajstić information content (AvgIpc) is 3.13. The number of carbonyl (C=O) groups is 1. The van der Waals surface area contributed by atoms with Crippen LogP contribution < -0.4 is 11.1 Å². The molecule has 0 bridgehead atoms. The van der Waals surface area contributed by atoms with Gasteiger partial charge >= 0.3 is 0 Å². The van der Waals surface area contributed by atoms with E-state index in [9.17, 15) is 4.79 Å². The first-order chi connectivity index (χ1) is 12.0. The largest absolute Gasteiger partial charge is 0.349 e. The molecule has 2 atom stereocenters. The van der Waals surface area contributed by atoms with Crippen molar-refractivity contribution in [3.05, 3.63) is 51.8 Å². The van der Waals surface area contributed by atoms with Gasteiger partial charge in [0.15, 0.2) is 0 Å². The lowest BCUT2D eigenvalue weighted by molar-refractivity contribution is 0.0927. The number of hydrogen-bond acceptors (Lipinski definition) is 3. The normalized spacial score (nSPS) is 19.2. The Bertz CT molecular complexity index is 775. The minimum Gasteiger partial charge on any atom is -0.349 e. The third kappa shape index (κ3) is 4.22. The number of halogens is 2. The number of nitrogens with zero attached hydrogens (tertiary/aromatic N) is 2. The molecule has 3 N–H and O–H groups in total. The van der Waals surface area contributed by atoms with Gasteiger partial charge in [-0.15, -0.1) is 12.4 Å². The van der Waals surface area contributed by atoms with Crippen LogP contribution in [0.3, 0.4) is 0 Å². The summed E-state index contributed by atoms with van der Waals surface area (Å²) < 4.78 is 1.85. The van der Waals surface area contributed by atoms with E-state index < -0.39 is 0 Å². The zero-order chi connectivity index (χ0) is 18.0. The zero-order valence-electron chi connectivity index (χ0n) is 15.2. The van der Waals surface area contributed by atoms with E-state index in [1.165, 1.54) is 0 Å². The molecule has 26 heavy (non-hydrogen) atoms. The van der Waals surface area contributed by atoms with Crippen molar-refractivity contribution in [2.75, 3.05) is 6.54 Å². The van der Waals surface area contributed by atoms with Crippen LogP contribution in [0.4, 0.5) is 0 Å². The Labute approximate surface area is 165 Å². The molecule has 5 nitrogen and oxygen atoms in total. The number of benzene rings is 1. The average molecular weight is 397 g/mol. The molecule has 0 aliphatic heterocycles. The summed E-state index contributed by atoms with van der Waals surface area (Å²) in [5.74, 6) is 0.327. The van der Waals surface area contributed by atoms with Gasteiger partial charge in [-0.1, -0.05) is 36.2 Å². The number of nitrogens with two attached hydrogens (primary N) is 1. The predicted molar refractivity (Wildman–Crippen MR) is 107 cm³/mol. The molecule has 0 spiro atoms. The second kappa shape index (κ2) is 8.89. The fraction of sp³-hybridized carbons (Fsp3) is 0.474. The number of nitrogens with one attached hydrogen (secondary N) is 1. The van der Waals surface area contributed by atoms with Crippen LogP contribution in [0.15, 0.2) is 24.3 Å². The SMILES string of the molecule is Cc1nn(Cc2ccccc2Cl)c(C)c1C(=O)NC1CCCC1CN.Cl. The lowest BCUT2D eigenvalue weighted by Crippen LogP contribution is -2.40. The number of amides is 1. The number of carbonyl (C=O) groups excluding carboxylic acids is 1. The summed E-state index contributed by atoms with van der Waals surface area (Å²) in [5, 5.41) is 8.43. The fourth-order valence-electron chi connectivity index (χ4n) is 3.72. The van der Waals surface area contributed by atoms with Gasteiger partial charge in [0, 0.05) is 16.8 Å². The molecule has 1 aliphatic carbocycles. The molecule has 7 heteroatoms. The second-order valence-corrected chi connectivity index (χ2v) is 7.21. The van der Waals surface area contributed by atoms with Crippen LogP contribution in [0.2, 0.25) is 5.02 Å². The van der Waals surface area contributed by atoms with Crippen molar-refractivity contribution in [2.24, 2.45) is 11.7 Å². The van der Waals surface area contributed by atoms with Gasteiger partial charge < -0.3 is 11.1 Å². The summed E-state index contributed by atoms with van der Waals surface area (Å²) in [6, 6.07) is 7.87. The molecule has 0 saturated heterocycles. The standard InChI is InChI=1S/C19H25ClN4O.ClH/c1-12-18(19(25)22-17-9-5-7-14(17)10-21)13(2)24(23-12)11-15-6-3-4-8-16(15)20;/h3-4,6,8,14,17H,5,7,9-11,21H2,1-2H3,(H,22,25);1H. The smallest absolute Gasteiger partial charge is 0.255 e. The van der Waals surface area contributed by atoms with Crippen molar-refractivity contribution in [1.29, 1.82) is 0 Å². The summed E-state index contributed by atoms with van der Waals surface area (Å²) in [4.78, 5) is 12.8. The van der Waals surface area contributed by atoms with Crippen LogP contribution >= 0.6 is 24.0 Å². The third-order valence-corrected chi connectivity index (χ3v) is 5.53. The summed E-state index contributed by atoms with van der Waals surface area (Å²) in [7, 11) is 0. The molecule has 2 aromatic rings. The summed E-state index contributed by atoms with van der Waals surface area (Å²) >= 11 is 6.25. The number of aryl methyl sites for hydroxylation is 1. The molecule has 1 fully saturated rings. The van der Waals surface area contributed by atoms with Crippen LogP contribution in [0.1, 0.15) is 46.6 Å². The Morgan fingerprint density at radius 1 is 1.35 bits per heavy atom. The molecule has 2 unspecified atom stereocenters. The van der Waals surface area contributed by atoms with Crippen LogP contribution in [-0.2, 0) is 6.54 Å². The Kier molecular flexibility index (Phi) is 7.09. The quantitative estimate of drug-likeness (QED) is 0.812. The van der Waals surface area contributed by atoms with E-state index in [1.807, 2.05) is 42.8 Å². The summed E-state index contributed by atoms with van der Waals surface area (Å²) in [6.07, 6.45) is 3.21. The van der Waals surface area contributed by atoms with Gasteiger partial charge in [0.25, 0.3) is 5.91 Å². The molecule has 3 rings (SSSR count). The Hall–Kier alpha value is -1.56. The highest BCUT2D eigenvalue weighted by atomic mass is 35.5. The maximum absolute atomic E-state index is 12.8. The molecule has 1 saturated carbocycles. The minimum atomic E-state index is -0.0502. The first kappa shape index (κ1) is 20.7. The molecule has 1 aromatic heterocycles. The van der Waals surface area contributed by atoms with Crippen molar-refractivity contribution < 1.29 is 4.79 Å². The highest BCUT2D eigenvalue weighted by Gasteiger charge is 2.29. The second-order valence-electron chi connectivity index (χ2n) is 6.80. The van der Waals surface area contributed by atoms with E-state index in [1.54, 1.807) is 0 Å². The number of rotatable bonds is 5. The molecule has 142 valence electrons. The first-order valence-electron chi connectivity index (χ1n) is 8.79. The number of hydrogen-bond donors (Lipinski definition) is 2. The minimum absolute atomic E-state index is 0. The van der Waals surface area contributed by atoms with Crippen LogP contribution in [0.25, 0.3) is 0 Å². The molecular weight excluding hydrogens is 371 g/mol. The number of aromatic nitrogens is 2. The topological polar surface area (TPSA) is 72.9 Å². The highest BCUT2D eigenvalue weighted by Crippen LogP contribution is 2.26. The van der Waals surface area contributed by atoms with Crippen LogP contribution in [0.5, 0.6) is 0 Å². The summed E-state index contributed by atoms with van der Waals surface area (Å²) in [5.41, 5.74) is 9.07. The van der Waals surface area contributed by atoms with Crippen molar-refractivity contribution in [3.63, 3.8) is 0 Å². The van der Waals surface area contributed by atoms with E-state index in [0.717, 1.165) is 36.2 Å². The van der Waals surface area contributed by atoms with E-state index in [0.29, 0.717) is 29.6 Å². The molecule has 1 aliphatic rings. The van der Waals surface area contributed by atoms with Gasteiger partial charge in [-0.25, -0.2) is 0 Å². The Balaban J connectivity index is 0.00000243. The van der Waals surface area contributed by atoms with Gasteiger partial charge in [-0.2, -0.15) is 5.10 Å². The Morgan fingerprint density at radius 3 is 2.77 bits per heavy atom. The van der Waals surface area contributed by atoms with Gasteiger partial charge in [0.05, 0.1) is 17.8 Å². The summed E-state index contributed by atoms with van der Waals surface area (Å²) in [6.45, 7) is 4.98. The van der Waals surface area contributed by atoms with E-state index >= 15 is 0 Å². The van der Waals surface area contributed by atoms with Crippen LogP contribution in [0, 0.1) is 19.8 Å². The van der Waals surface area contributed by atoms with Crippen molar-refractivity contribution in [3.8, 4) is 0 Å². The first-order valence-corrected chi connectivity index (χ1v) is 9.17. The fourth-order valence-corrected chi connectivity index (χ4v) is 3.91. The van der Waals surface area contributed by atoms with Crippen LogP contribution in [-0.4, -0.2) is 28.3 Å². The molecular formula is C19H26Cl2N4O. The zero-order valence-corrected chi connectivity index (χ0v) is 16.7. The molecule has 1 amide bonds. The van der Waals surface area contributed by atoms with Crippen molar-refractivity contribution in [1.82, 2.24) is 15.1 Å². The monoisotopic (exact) mass is 396 g/mol. The Morgan fingerprint density at radius 2 is 2.08 bits per heavy atom. The van der Waals surface area contributed by atoms with Crippen molar-refractivity contribution in [2.45, 2.75) is 45.7 Å². The lowest BCUT2D eigenvalue weighted by atomic mass is 10.0. The molecule has 1 aromatic carbocycles.